The van der Waals surface area contributed by atoms with Gasteiger partial charge in [-0.05, 0) is 19.4 Å². The predicted molar refractivity (Wildman–Crippen MR) is 87.5 cm³/mol. The summed E-state index contributed by atoms with van der Waals surface area (Å²) in [6.07, 6.45) is 6.14. The largest absolute Gasteiger partial charge is 0.352 e. The van der Waals surface area contributed by atoms with E-state index in [-0.39, 0.29) is 5.91 Å². The van der Waals surface area contributed by atoms with Crippen LogP contribution in [0.4, 0.5) is 0 Å². The molecule has 0 aromatic carbocycles. The average molecular weight is 333 g/mol. The lowest BCUT2D eigenvalue weighted by molar-refractivity contribution is 0.0954. The fourth-order valence-electron chi connectivity index (χ4n) is 2.07. The molecule has 8 heteroatoms. The van der Waals surface area contributed by atoms with Crippen LogP contribution in [0.2, 0.25) is 0 Å². The second kappa shape index (κ2) is 6.89. The lowest BCUT2D eigenvalue weighted by Gasteiger charge is -2.04. The SMILES string of the molecule is Cc1nn2cccnc2c1C(=O)NCCCSc1nccs1. The molecule has 0 aliphatic rings. The van der Waals surface area contributed by atoms with Gasteiger partial charge in [-0.2, -0.15) is 5.10 Å². The monoisotopic (exact) mass is 333 g/mol. The molecule has 0 fully saturated rings. The van der Waals surface area contributed by atoms with Crippen LogP contribution in [0.5, 0.6) is 0 Å². The van der Waals surface area contributed by atoms with Gasteiger partial charge in [0, 0.05) is 36.3 Å². The highest BCUT2D eigenvalue weighted by Crippen LogP contribution is 2.20. The van der Waals surface area contributed by atoms with Gasteiger partial charge in [0.25, 0.3) is 5.91 Å². The number of hydrogen-bond acceptors (Lipinski definition) is 6. The smallest absolute Gasteiger partial charge is 0.257 e. The van der Waals surface area contributed by atoms with Crippen molar-refractivity contribution in [3.8, 4) is 0 Å². The molecular formula is C14H15N5OS2. The van der Waals surface area contributed by atoms with Gasteiger partial charge in [-0.3, -0.25) is 4.79 Å². The summed E-state index contributed by atoms with van der Waals surface area (Å²) in [7, 11) is 0. The van der Waals surface area contributed by atoms with E-state index in [9.17, 15) is 4.79 Å². The van der Waals surface area contributed by atoms with Gasteiger partial charge in [-0.15, -0.1) is 11.3 Å². The molecule has 0 aliphatic carbocycles. The molecule has 0 unspecified atom stereocenters. The number of thioether (sulfide) groups is 1. The van der Waals surface area contributed by atoms with Crippen molar-refractivity contribution in [3.05, 3.63) is 41.3 Å². The van der Waals surface area contributed by atoms with Gasteiger partial charge >= 0.3 is 0 Å². The van der Waals surface area contributed by atoms with E-state index in [4.69, 9.17) is 0 Å². The number of carbonyl (C=O) groups is 1. The number of aryl methyl sites for hydroxylation is 1. The summed E-state index contributed by atoms with van der Waals surface area (Å²) in [5.74, 6) is 0.810. The first-order valence-electron chi connectivity index (χ1n) is 6.86. The Bertz CT molecular complexity index is 769. The zero-order chi connectivity index (χ0) is 15.4. The fourth-order valence-corrected chi connectivity index (χ4v) is 3.71. The van der Waals surface area contributed by atoms with Crippen LogP contribution in [0, 0.1) is 6.92 Å². The molecule has 3 aromatic heterocycles. The summed E-state index contributed by atoms with van der Waals surface area (Å²) < 4.78 is 2.69. The summed E-state index contributed by atoms with van der Waals surface area (Å²) >= 11 is 3.34. The highest BCUT2D eigenvalue weighted by Gasteiger charge is 2.17. The minimum absolute atomic E-state index is 0.120. The Labute approximate surface area is 136 Å². The number of carbonyl (C=O) groups excluding carboxylic acids is 1. The maximum atomic E-state index is 12.3. The Balaban J connectivity index is 1.54. The number of hydrogen-bond donors (Lipinski definition) is 1. The molecule has 22 heavy (non-hydrogen) atoms. The molecule has 3 heterocycles. The van der Waals surface area contributed by atoms with Gasteiger partial charge in [0.15, 0.2) is 5.65 Å². The molecule has 0 atom stereocenters. The number of nitrogens with zero attached hydrogens (tertiary/aromatic N) is 4. The lowest BCUT2D eigenvalue weighted by Crippen LogP contribution is -2.25. The topological polar surface area (TPSA) is 72.2 Å². The summed E-state index contributed by atoms with van der Waals surface area (Å²) in [5, 5.41) is 9.19. The molecule has 114 valence electrons. The molecule has 0 bridgehead atoms. The third kappa shape index (κ3) is 3.28. The van der Waals surface area contributed by atoms with Crippen LogP contribution in [0.15, 0.2) is 34.4 Å². The molecule has 6 nitrogen and oxygen atoms in total. The molecule has 0 aliphatic heterocycles. The van der Waals surface area contributed by atoms with Crippen molar-refractivity contribution in [2.24, 2.45) is 0 Å². The molecule has 1 N–H and O–H groups in total. The first-order valence-corrected chi connectivity index (χ1v) is 8.72. The van der Waals surface area contributed by atoms with Crippen LogP contribution < -0.4 is 5.32 Å². The highest BCUT2D eigenvalue weighted by molar-refractivity contribution is 8.00. The fraction of sp³-hybridized carbons (Fsp3) is 0.286. The molecule has 0 spiro atoms. The predicted octanol–water partition coefficient (Wildman–Crippen LogP) is 2.41. The van der Waals surface area contributed by atoms with E-state index < -0.39 is 0 Å². The molecule has 1 amide bonds. The van der Waals surface area contributed by atoms with E-state index in [1.807, 2.05) is 12.3 Å². The number of amides is 1. The summed E-state index contributed by atoms with van der Waals surface area (Å²) in [5.41, 5.74) is 1.83. The quantitative estimate of drug-likeness (QED) is 0.554. The molecule has 0 radical (unpaired) electrons. The average Bonchev–Trinajstić information content (AvgIpc) is 3.13. The third-order valence-electron chi connectivity index (χ3n) is 3.04. The zero-order valence-electron chi connectivity index (χ0n) is 12.0. The summed E-state index contributed by atoms with van der Waals surface area (Å²) in [4.78, 5) is 20.8. The second-order valence-corrected chi connectivity index (χ2v) is 6.84. The Kier molecular flexibility index (Phi) is 4.69. The molecule has 0 saturated carbocycles. The maximum Gasteiger partial charge on any atom is 0.257 e. The third-order valence-corrected chi connectivity index (χ3v) is 5.09. The first-order chi connectivity index (χ1) is 10.8. The van der Waals surface area contributed by atoms with Crippen LogP contribution in [-0.4, -0.2) is 37.8 Å². The van der Waals surface area contributed by atoms with Crippen molar-refractivity contribution < 1.29 is 4.79 Å². The van der Waals surface area contributed by atoms with Crippen molar-refractivity contribution in [1.29, 1.82) is 0 Å². The minimum Gasteiger partial charge on any atom is -0.352 e. The van der Waals surface area contributed by atoms with Crippen LogP contribution in [-0.2, 0) is 0 Å². The maximum absolute atomic E-state index is 12.3. The second-order valence-electron chi connectivity index (χ2n) is 4.60. The van der Waals surface area contributed by atoms with Gasteiger partial charge < -0.3 is 5.32 Å². The Morgan fingerprint density at radius 3 is 3.14 bits per heavy atom. The number of thiazole rings is 1. The molecule has 0 saturated heterocycles. The van der Waals surface area contributed by atoms with Gasteiger partial charge in [0.1, 0.15) is 9.90 Å². The zero-order valence-corrected chi connectivity index (χ0v) is 13.7. The Morgan fingerprint density at radius 2 is 2.32 bits per heavy atom. The van der Waals surface area contributed by atoms with Gasteiger partial charge in [0.2, 0.25) is 0 Å². The Hall–Kier alpha value is -1.93. The van der Waals surface area contributed by atoms with Gasteiger partial charge in [-0.25, -0.2) is 14.5 Å². The van der Waals surface area contributed by atoms with Gasteiger partial charge in [0.05, 0.1) is 5.69 Å². The first kappa shape index (κ1) is 15.0. The Morgan fingerprint density at radius 1 is 1.41 bits per heavy atom. The molecular weight excluding hydrogens is 318 g/mol. The van der Waals surface area contributed by atoms with E-state index in [0.717, 1.165) is 16.5 Å². The van der Waals surface area contributed by atoms with Crippen LogP contribution in [0.1, 0.15) is 22.5 Å². The van der Waals surface area contributed by atoms with Crippen LogP contribution in [0.25, 0.3) is 5.65 Å². The van der Waals surface area contributed by atoms with E-state index >= 15 is 0 Å². The molecule has 3 rings (SSSR count). The summed E-state index contributed by atoms with van der Waals surface area (Å²) in [6, 6.07) is 1.79. The van der Waals surface area contributed by atoms with Crippen LogP contribution in [0.3, 0.4) is 0 Å². The number of nitrogens with one attached hydrogen (secondary N) is 1. The van der Waals surface area contributed by atoms with E-state index in [1.54, 1.807) is 52.3 Å². The van der Waals surface area contributed by atoms with E-state index in [0.29, 0.717) is 23.4 Å². The number of aromatic nitrogens is 4. The van der Waals surface area contributed by atoms with Gasteiger partial charge in [-0.1, -0.05) is 11.8 Å². The van der Waals surface area contributed by atoms with Crippen molar-refractivity contribution in [2.45, 2.75) is 17.7 Å². The van der Waals surface area contributed by atoms with Crippen molar-refractivity contribution in [1.82, 2.24) is 24.9 Å². The van der Waals surface area contributed by atoms with Crippen molar-refractivity contribution in [3.63, 3.8) is 0 Å². The lowest BCUT2D eigenvalue weighted by atomic mass is 10.2. The van der Waals surface area contributed by atoms with E-state index in [1.165, 1.54) is 0 Å². The van der Waals surface area contributed by atoms with E-state index in [2.05, 4.69) is 20.4 Å². The minimum atomic E-state index is -0.120. The standard InChI is InChI=1S/C14H15N5OS2/c1-10-11(12-15-4-2-7-19(12)18-10)13(20)16-5-3-8-21-14-17-6-9-22-14/h2,4,6-7,9H,3,5,8H2,1H3,(H,16,20). The number of fused-ring (bicyclic) bond motifs is 1. The summed E-state index contributed by atoms with van der Waals surface area (Å²) in [6.45, 7) is 2.45. The molecule has 3 aromatic rings. The van der Waals surface area contributed by atoms with Crippen LogP contribution >= 0.6 is 23.1 Å². The van der Waals surface area contributed by atoms with Crippen molar-refractivity contribution >= 4 is 34.7 Å². The highest BCUT2D eigenvalue weighted by atomic mass is 32.2. The number of rotatable bonds is 6. The normalized spacial score (nSPS) is 11.0. The van der Waals surface area contributed by atoms with Crippen molar-refractivity contribution in [2.75, 3.05) is 12.3 Å².